The van der Waals surface area contributed by atoms with Gasteiger partial charge >= 0.3 is 11.8 Å². The molecule has 1 saturated carbocycles. The molecule has 0 aromatic heterocycles. The smallest absolute Gasteiger partial charge is 0.329 e. The van der Waals surface area contributed by atoms with Gasteiger partial charge in [-0.1, -0.05) is 19.3 Å². The summed E-state index contributed by atoms with van der Waals surface area (Å²) in [6.07, 6.45) is 5.68. The Bertz CT molecular complexity index is 474. The van der Waals surface area contributed by atoms with Crippen LogP contribution in [0, 0.1) is 0 Å². The fraction of sp³-hybridized carbons (Fsp3) is 0.750. The summed E-state index contributed by atoms with van der Waals surface area (Å²) in [5.74, 6) is -1.70. The monoisotopic (exact) mass is 324 g/mol. The van der Waals surface area contributed by atoms with Crippen molar-refractivity contribution in [2.24, 2.45) is 5.10 Å². The van der Waals surface area contributed by atoms with Crippen molar-refractivity contribution >= 4 is 23.4 Å². The molecule has 0 atom stereocenters. The Hall–Kier alpha value is -1.92. The number of hydrazone groups is 1. The molecule has 1 aliphatic rings. The van der Waals surface area contributed by atoms with E-state index in [1.54, 1.807) is 27.7 Å². The van der Waals surface area contributed by atoms with Gasteiger partial charge in [-0.25, -0.2) is 5.43 Å². The van der Waals surface area contributed by atoms with Crippen LogP contribution in [0.15, 0.2) is 5.10 Å². The predicted octanol–water partition coefficient (Wildman–Crippen LogP) is 1.23. The molecule has 7 heteroatoms. The molecule has 0 spiro atoms. The second-order valence-corrected chi connectivity index (χ2v) is 7.07. The Morgan fingerprint density at radius 2 is 1.65 bits per heavy atom. The van der Waals surface area contributed by atoms with Crippen LogP contribution < -0.4 is 16.1 Å². The summed E-state index contributed by atoms with van der Waals surface area (Å²) in [6, 6.07) is 0.246. The minimum absolute atomic E-state index is 0.105. The second kappa shape index (κ2) is 8.64. The van der Waals surface area contributed by atoms with Crippen molar-refractivity contribution < 1.29 is 14.4 Å². The van der Waals surface area contributed by atoms with Gasteiger partial charge in [0.05, 0.1) is 6.42 Å². The third-order valence-electron chi connectivity index (χ3n) is 3.43. The van der Waals surface area contributed by atoms with Gasteiger partial charge in [0, 0.05) is 17.3 Å². The lowest BCUT2D eigenvalue weighted by Gasteiger charge is -2.22. The highest BCUT2D eigenvalue weighted by Gasteiger charge is 2.20. The predicted molar refractivity (Wildman–Crippen MR) is 88.8 cm³/mol. The quantitative estimate of drug-likeness (QED) is 0.412. The highest BCUT2D eigenvalue weighted by molar-refractivity contribution is 6.35. The molecule has 0 heterocycles. The largest absolute Gasteiger partial charge is 0.353 e. The fourth-order valence-corrected chi connectivity index (χ4v) is 2.39. The standard InChI is InChI=1S/C16H28N4O3/c1-11(10-13(21)17-12-8-6-5-7-9-12)19-20-15(23)14(22)18-16(2,3)4/h12H,5-10H2,1-4H3,(H,17,21)(H,18,22)(H,20,23). The zero-order chi connectivity index (χ0) is 17.5. The molecule has 0 aliphatic heterocycles. The van der Waals surface area contributed by atoms with Crippen LogP contribution in [-0.2, 0) is 14.4 Å². The first-order valence-electron chi connectivity index (χ1n) is 8.12. The molecule has 1 fully saturated rings. The molecule has 3 amide bonds. The lowest BCUT2D eigenvalue weighted by Crippen LogP contribution is -2.47. The van der Waals surface area contributed by atoms with E-state index in [0.717, 1.165) is 25.7 Å². The summed E-state index contributed by atoms with van der Waals surface area (Å²) in [6.45, 7) is 6.98. The van der Waals surface area contributed by atoms with Crippen LogP contribution in [0.1, 0.15) is 66.2 Å². The van der Waals surface area contributed by atoms with Crippen molar-refractivity contribution in [1.82, 2.24) is 16.1 Å². The molecule has 3 N–H and O–H groups in total. The van der Waals surface area contributed by atoms with E-state index in [-0.39, 0.29) is 18.4 Å². The van der Waals surface area contributed by atoms with E-state index in [1.807, 2.05) is 0 Å². The third-order valence-corrected chi connectivity index (χ3v) is 3.43. The van der Waals surface area contributed by atoms with Crippen LogP contribution in [0.4, 0.5) is 0 Å². The molecule has 23 heavy (non-hydrogen) atoms. The maximum atomic E-state index is 11.9. The molecule has 1 aliphatic carbocycles. The van der Waals surface area contributed by atoms with E-state index in [0.29, 0.717) is 5.71 Å². The van der Waals surface area contributed by atoms with Gasteiger partial charge in [0.25, 0.3) is 0 Å². The Morgan fingerprint density at radius 1 is 1.04 bits per heavy atom. The number of nitrogens with one attached hydrogen (secondary N) is 3. The average Bonchev–Trinajstić information content (AvgIpc) is 2.43. The highest BCUT2D eigenvalue weighted by atomic mass is 16.2. The van der Waals surface area contributed by atoms with Crippen LogP contribution >= 0.6 is 0 Å². The number of hydrogen-bond donors (Lipinski definition) is 3. The van der Waals surface area contributed by atoms with E-state index >= 15 is 0 Å². The summed E-state index contributed by atoms with van der Waals surface area (Å²) in [5, 5.41) is 9.32. The van der Waals surface area contributed by atoms with E-state index in [9.17, 15) is 14.4 Å². The number of rotatable bonds is 4. The maximum Gasteiger partial charge on any atom is 0.329 e. The summed E-state index contributed by atoms with van der Waals surface area (Å²) in [4.78, 5) is 35.1. The minimum Gasteiger partial charge on any atom is -0.353 e. The first-order chi connectivity index (χ1) is 10.7. The van der Waals surface area contributed by atoms with Crippen molar-refractivity contribution in [2.45, 2.75) is 77.8 Å². The normalized spacial score (nSPS) is 16.6. The Balaban J connectivity index is 2.36. The average molecular weight is 324 g/mol. The number of nitrogens with zero attached hydrogens (tertiary/aromatic N) is 1. The van der Waals surface area contributed by atoms with E-state index in [1.165, 1.54) is 6.42 Å². The van der Waals surface area contributed by atoms with Gasteiger partial charge in [-0.05, 0) is 40.5 Å². The van der Waals surface area contributed by atoms with Crippen LogP contribution in [0.5, 0.6) is 0 Å². The fourth-order valence-electron chi connectivity index (χ4n) is 2.39. The highest BCUT2D eigenvalue weighted by Crippen LogP contribution is 2.17. The summed E-state index contributed by atoms with van der Waals surface area (Å²) >= 11 is 0. The summed E-state index contributed by atoms with van der Waals surface area (Å²) < 4.78 is 0. The van der Waals surface area contributed by atoms with Crippen LogP contribution in [0.2, 0.25) is 0 Å². The molecule has 0 saturated heterocycles. The van der Waals surface area contributed by atoms with Gasteiger partial charge < -0.3 is 10.6 Å². The third kappa shape index (κ3) is 8.32. The first-order valence-corrected chi connectivity index (χ1v) is 8.12. The van der Waals surface area contributed by atoms with Crippen LogP contribution in [0.3, 0.4) is 0 Å². The Morgan fingerprint density at radius 3 is 2.22 bits per heavy atom. The maximum absolute atomic E-state index is 11.9. The molecule has 0 radical (unpaired) electrons. The molecular weight excluding hydrogens is 296 g/mol. The van der Waals surface area contributed by atoms with Crippen LogP contribution in [0.25, 0.3) is 0 Å². The van der Waals surface area contributed by atoms with Gasteiger partial charge in [0.15, 0.2) is 0 Å². The molecule has 0 aromatic carbocycles. The molecule has 0 aromatic rings. The Kier molecular flexibility index (Phi) is 7.19. The van der Waals surface area contributed by atoms with Gasteiger partial charge in [-0.15, -0.1) is 0 Å². The minimum atomic E-state index is -0.841. The Labute approximate surface area is 137 Å². The van der Waals surface area contributed by atoms with Crippen molar-refractivity contribution in [3.63, 3.8) is 0 Å². The molecule has 1 rings (SSSR count). The second-order valence-electron chi connectivity index (χ2n) is 7.07. The number of hydrogen-bond acceptors (Lipinski definition) is 4. The lowest BCUT2D eigenvalue weighted by atomic mass is 9.95. The first kappa shape index (κ1) is 19.1. The van der Waals surface area contributed by atoms with E-state index < -0.39 is 17.4 Å². The lowest BCUT2D eigenvalue weighted by molar-refractivity contribution is -0.140. The van der Waals surface area contributed by atoms with Gasteiger partial charge in [0.2, 0.25) is 5.91 Å². The molecule has 0 unspecified atom stereocenters. The van der Waals surface area contributed by atoms with Crippen molar-refractivity contribution in [2.75, 3.05) is 0 Å². The van der Waals surface area contributed by atoms with Crippen molar-refractivity contribution in [3.8, 4) is 0 Å². The molecular formula is C16H28N4O3. The van der Waals surface area contributed by atoms with E-state index in [4.69, 9.17) is 0 Å². The zero-order valence-corrected chi connectivity index (χ0v) is 14.5. The topological polar surface area (TPSA) is 99.7 Å². The van der Waals surface area contributed by atoms with Crippen molar-refractivity contribution in [1.29, 1.82) is 0 Å². The molecule has 7 nitrogen and oxygen atoms in total. The van der Waals surface area contributed by atoms with Crippen molar-refractivity contribution in [3.05, 3.63) is 0 Å². The van der Waals surface area contributed by atoms with Gasteiger partial charge in [0.1, 0.15) is 0 Å². The molecule has 0 bridgehead atoms. The van der Waals surface area contributed by atoms with Gasteiger partial charge in [-0.2, -0.15) is 5.10 Å². The zero-order valence-electron chi connectivity index (χ0n) is 14.5. The number of carbonyl (C=O) groups is 3. The SMILES string of the molecule is CC(CC(=O)NC1CCCCC1)=NNC(=O)C(=O)NC(C)(C)C. The number of carbonyl (C=O) groups excluding carboxylic acids is 3. The molecule has 130 valence electrons. The van der Waals surface area contributed by atoms with Gasteiger partial charge in [-0.3, -0.25) is 14.4 Å². The summed E-state index contributed by atoms with van der Waals surface area (Å²) in [7, 11) is 0. The van der Waals surface area contributed by atoms with Crippen LogP contribution in [-0.4, -0.2) is 35.0 Å². The summed E-state index contributed by atoms with van der Waals surface area (Å²) in [5.41, 5.74) is 2.13. The number of amides is 3. The van der Waals surface area contributed by atoms with E-state index in [2.05, 4.69) is 21.2 Å².